The number of ether oxygens (including phenoxy) is 2. The summed E-state index contributed by atoms with van der Waals surface area (Å²) in [6.07, 6.45) is 4.70. The molecule has 0 saturated carbocycles. The van der Waals surface area contributed by atoms with Crippen molar-refractivity contribution in [2.75, 3.05) is 19.8 Å². The molecule has 1 amide bonds. The van der Waals surface area contributed by atoms with Gasteiger partial charge in [-0.1, -0.05) is 18.2 Å². The number of carbonyl (C=O) groups is 1. The van der Waals surface area contributed by atoms with Crippen molar-refractivity contribution in [2.45, 2.75) is 18.9 Å². The first-order valence-electron chi connectivity index (χ1n) is 9.25. The van der Waals surface area contributed by atoms with Gasteiger partial charge in [-0.3, -0.25) is 14.9 Å². The molecule has 28 heavy (non-hydrogen) atoms. The van der Waals surface area contributed by atoms with Crippen molar-refractivity contribution in [1.29, 1.82) is 0 Å². The zero-order valence-corrected chi connectivity index (χ0v) is 15.2. The van der Waals surface area contributed by atoms with Crippen LogP contribution in [0.25, 0.3) is 6.08 Å². The summed E-state index contributed by atoms with van der Waals surface area (Å²) >= 11 is 0. The summed E-state index contributed by atoms with van der Waals surface area (Å²) in [6, 6.07) is 12.1. The number of hydrogen-bond donors (Lipinski definition) is 0. The van der Waals surface area contributed by atoms with Crippen LogP contribution in [0.5, 0.6) is 11.5 Å². The molecule has 1 atom stereocenters. The molecule has 0 aliphatic carbocycles. The van der Waals surface area contributed by atoms with Crippen molar-refractivity contribution in [3.63, 3.8) is 0 Å². The van der Waals surface area contributed by atoms with Crippen LogP contribution in [-0.2, 0) is 4.79 Å². The Morgan fingerprint density at radius 3 is 2.75 bits per heavy atom. The molecule has 1 fully saturated rings. The minimum absolute atomic E-state index is 0.0173. The van der Waals surface area contributed by atoms with E-state index in [-0.39, 0.29) is 17.6 Å². The normalized spacial score (nSPS) is 18.4. The highest BCUT2D eigenvalue weighted by molar-refractivity contribution is 5.92. The van der Waals surface area contributed by atoms with Crippen molar-refractivity contribution < 1.29 is 19.2 Å². The number of likely N-dealkylation sites (tertiary alicyclic amines) is 1. The lowest BCUT2D eigenvalue weighted by Crippen LogP contribution is -2.29. The molecule has 2 aliphatic heterocycles. The SMILES string of the molecule is O=C(C=Cc1ccccc1[N+](=O)[O-])N1CCCC1c1ccc2c(c1)OCCO2. The van der Waals surface area contributed by atoms with Gasteiger partial charge in [0.1, 0.15) is 13.2 Å². The van der Waals surface area contributed by atoms with Gasteiger partial charge < -0.3 is 14.4 Å². The molecule has 4 rings (SSSR count). The number of carbonyl (C=O) groups excluding carboxylic acids is 1. The van der Waals surface area contributed by atoms with Crippen molar-refractivity contribution >= 4 is 17.7 Å². The average Bonchev–Trinajstić information content (AvgIpc) is 3.22. The molecule has 144 valence electrons. The van der Waals surface area contributed by atoms with E-state index in [1.807, 2.05) is 18.2 Å². The minimum atomic E-state index is -0.446. The largest absolute Gasteiger partial charge is 0.486 e. The summed E-state index contributed by atoms with van der Waals surface area (Å²) in [7, 11) is 0. The van der Waals surface area contributed by atoms with Crippen LogP contribution in [0.2, 0.25) is 0 Å². The molecule has 2 aromatic rings. The molecule has 0 N–H and O–H groups in total. The van der Waals surface area contributed by atoms with E-state index in [1.54, 1.807) is 23.1 Å². The predicted molar refractivity (Wildman–Crippen MR) is 103 cm³/mol. The number of hydrogen-bond acceptors (Lipinski definition) is 5. The third kappa shape index (κ3) is 3.55. The molecule has 1 saturated heterocycles. The monoisotopic (exact) mass is 380 g/mol. The minimum Gasteiger partial charge on any atom is -0.486 e. The van der Waals surface area contributed by atoms with Gasteiger partial charge >= 0.3 is 0 Å². The van der Waals surface area contributed by atoms with Gasteiger partial charge in [0.15, 0.2) is 11.5 Å². The molecule has 7 nitrogen and oxygen atoms in total. The topological polar surface area (TPSA) is 81.9 Å². The van der Waals surface area contributed by atoms with E-state index >= 15 is 0 Å². The van der Waals surface area contributed by atoms with E-state index in [4.69, 9.17) is 9.47 Å². The number of nitrogens with zero attached hydrogens (tertiary/aromatic N) is 2. The number of nitro groups is 1. The van der Waals surface area contributed by atoms with Gasteiger partial charge in [0.25, 0.3) is 5.69 Å². The van der Waals surface area contributed by atoms with Gasteiger partial charge in [0.05, 0.1) is 16.5 Å². The van der Waals surface area contributed by atoms with E-state index in [9.17, 15) is 14.9 Å². The van der Waals surface area contributed by atoms with E-state index < -0.39 is 4.92 Å². The van der Waals surface area contributed by atoms with Crippen LogP contribution in [0.1, 0.15) is 30.0 Å². The highest BCUT2D eigenvalue weighted by Gasteiger charge is 2.30. The summed E-state index contributed by atoms with van der Waals surface area (Å²) in [4.78, 5) is 25.3. The smallest absolute Gasteiger partial charge is 0.276 e. The van der Waals surface area contributed by atoms with Gasteiger partial charge in [-0.05, 0) is 42.7 Å². The van der Waals surface area contributed by atoms with E-state index in [2.05, 4.69) is 0 Å². The highest BCUT2D eigenvalue weighted by Crippen LogP contribution is 2.38. The van der Waals surface area contributed by atoms with Gasteiger partial charge in [-0.25, -0.2) is 0 Å². The first-order valence-corrected chi connectivity index (χ1v) is 9.25. The first kappa shape index (κ1) is 18.0. The summed E-state index contributed by atoms with van der Waals surface area (Å²) in [5.74, 6) is 1.27. The number of benzene rings is 2. The molecule has 0 radical (unpaired) electrons. The van der Waals surface area contributed by atoms with Gasteiger partial charge in [-0.15, -0.1) is 0 Å². The van der Waals surface area contributed by atoms with Crippen LogP contribution in [0.4, 0.5) is 5.69 Å². The maximum absolute atomic E-state index is 12.8. The van der Waals surface area contributed by atoms with Gasteiger partial charge in [0.2, 0.25) is 5.91 Å². The quantitative estimate of drug-likeness (QED) is 0.458. The first-order chi connectivity index (χ1) is 13.6. The molecular formula is C21H20N2O5. The second kappa shape index (κ2) is 7.72. The van der Waals surface area contributed by atoms with Gasteiger partial charge in [-0.2, -0.15) is 0 Å². The summed E-state index contributed by atoms with van der Waals surface area (Å²) in [6.45, 7) is 1.71. The second-order valence-corrected chi connectivity index (χ2v) is 6.74. The maximum atomic E-state index is 12.8. The van der Waals surface area contributed by atoms with Crippen molar-refractivity contribution in [1.82, 2.24) is 4.90 Å². The fourth-order valence-electron chi connectivity index (χ4n) is 3.70. The van der Waals surface area contributed by atoms with Crippen molar-refractivity contribution in [2.24, 2.45) is 0 Å². The Morgan fingerprint density at radius 2 is 1.93 bits per heavy atom. The zero-order valence-electron chi connectivity index (χ0n) is 15.2. The summed E-state index contributed by atoms with van der Waals surface area (Å²) in [5.41, 5.74) is 1.40. The summed E-state index contributed by atoms with van der Waals surface area (Å²) < 4.78 is 11.2. The maximum Gasteiger partial charge on any atom is 0.276 e. The van der Waals surface area contributed by atoms with Crippen molar-refractivity contribution in [3.8, 4) is 11.5 Å². The standard InChI is InChI=1S/C21H20N2O5/c24-21(10-8-15-4-1-2-5-18(15)23(25)26)22-11-3-6-17(22)16-7-9-19-20(14-16)28-13-12-27-19/h1-2,4-5,7-10,14,17H,3,6,11-13H2. The fraction of sp³-hybridized carbons (Fsp3) is 0.286. The lowest BCUT2D eigenvalue weighted by atomic mass is 10.0. The number of para-hydroxylation sites is 1. The zero-order chi connectivity index (χ0) is 19.5. The lowest BCUT2D eigenvalue weighted by Gasteiger charge is -2.26. The second-order valence-electron chi connectivity index (χ2n) is 6.74. The van der Waals surface area contributed by atoms with Crippen LogP contribution >= 0.6 is 0 Å². The van der Waals surface area contributed by atoms with Crippen LogP contribution in [-0.4, -0.2) is 35.5 Å². The Morgan fingerprint density at radius 1 is 1.14 bits per heavy atom. The van der Waals surface area contributed by atoms with Crippen LogP contribution in [0, 0.1) is 10.1 Å². The van der Waals surface area contributed by atoms with Gasteiger partial charge in [0, 0.05) is 18.7 Å². The number of nitro benzene ring substituents is 1. The molecule has 7 heteroatoms. The Balaban J connectivity index is 1.54. The molecular weight excluding hydrogens is 360 g/mol. The van der Waals surface area contributed by atoms with E-state index in [1.165, 1.54) is 18.2 Å². The van der Waals surface area contributed by atoms with E-state index in [0.717, 1.165) is 24.2 Å². The third-order valence-electron chi connectivity index (χ3n) is 5.03. The number of rotatable bonds is 4. The van der Waals surface area contributed by atoms with Crippen LogP contribution in [0.3, 0.4) is 0 Å². The molecule has 2 heterocycles. The molecule has 2 aromatic carbocycles. The summed E-state index contributed by atoms with van der Waals surface area (Å²) in [5, 5.41) is 11.1. The average molecular weight is 380 g/mol. The third-order valence-corrected chi connectivity index (χ3v) is 5.03. The lowest BCUT2D eigenvalue weighted by molar-refractivity contribution is -0.385. The Kier molecular flexibility index (Phi) is 4.97. The molecule has 0 aromatic heterocycles. The molecule has 1 unspecified atom stereocenters. The fourth-order valence-corrected chi connectivity index (χ4v) is 3.70. The molecule has 0 spiro atoms. The van der Waals surface area contributed by atoms with Crippen LogP contribution < -0.4 is 9.47 Å². The predicted octanol–water partition coefficient (Wildman–Crippen LogP) is 3.74. The Labute approximate surface area is 162 Å². The highest BCUT2D eigenvalue weighted by atomic mass is 16.6. The number of amides is 1. The van der Waals surface area contributed by atoms with Crippen molar-refractivity contribution in [3.05, 3.63) is 69.8 Å². The van der Waals surface area contributed by atoms with Crippen LogP contribution in [0.15, 0.2) is 48.5 Å². The number of fused-ring (bicyclic) bond motifs is 1. The Bertz CT molecular complexity index is 940. The molecule has 2 aliphatic rings. The molecule has 0 bridgehead atoms. The Hall–Kier alpha value is -3.35. The van der Waals surface area contributed by atoms with E-state index in [0.29, 0.717) is 31.1 Å².